The van der Waals surface area contributed by atoms with Crippen LogP contribution in [0.25, 0.3) is 0 Å². The van der Waals surface area contributed by atoms with Gasteiger partial charge < -0.3 is 15.5 Å². The lowest BCUT2D eigenvalue weighted by molar-refractivity contribution is 0.102. The van der Waals surface area contributed by atoms with Crippen LogP contribution in [0.1, 0.15) is 10.4 Å². The highest BCUT2D eigenvalue weighted by molar-refractivity contribution is 6.30. The Hall–Kier alpha value is -2.04. The van der Waals surface area contributed by atoms with E-state index in [0.29, 0.717) is 16.3 Å². The van der Waals surface area contributed by atoms with Crippen molar-refractivity contribution in [1.29, 1.82) is 0 Å². The van der Waals surface area contributed by atoms with Gasteiger partial charge in [0, 0.05) is 48.1 Å². The molecule has 22 heavy (non-hydrogen) atoms. The number of piperazine rings is 1. The average molecular weight is 316 g/mol. The molecule has 3 rings (SSSR count). The van der Waals surface area contributed by atoms with Crippen LogP contribution >= 0.6 is 11.6 Å². The minimum atomic E-state index is -0.130. The molecule has 1 fully saturated rings. The van der Waals surface area contributed by atoms with Gasteiger partial charge >= 0.3 is 0 Å². The third kappa shape index (κ3) is 3.59. The number of amides is 1. The van der Waals surface area contributed by atoms with Crippen LogP contribution in [0.4, 0.5) is 11.4 Å². The molecule has 0 radical (unpaired) electrons. The second-order valence-corrected chi connectivity index (χ2v) is 5.68. The number of anilines is 2. The molecule has 1 aliphatic heterocycles. The lowest BCUT2D eigenvalue weighted by atomic mass is 10.1. The van der Waals surface area contributed by atoms with Gasteiger partial charge in [-0.25, -0.2) is 0 Å². The summed E-state index contributed by atoms with van der Waals surface area (Å²) in [5.74, 6) is -0.130. The minimum Gasteiger partial charge on any atom is -0.369 e. The topological polar surface area (TPSA) is 44.4 Å². The Morgan fingerprint density at radius 1 is 1.09 bits per heavy atom. The average Bonchev–Trinajstić information content (AvgIpc) is 2.56. The van der Waals surface area contributed by atoms with Gasteiger partial charge in [0.05, 0.1) is 0 Å². The van der Waals surface area contributed by atoms with Gasteiger partial charge in [0.2, 0.25) is 0 Å². The van der Waals surface area contributed by atoms with Crippen LogP contribution < -0.4 is 15.5 Å². The van der Waals surface area contributed by atoms with Crippen molar-refractivity contribution in [3.05, 3.63) is 59.1 Å². The highest BCUT2D eigenvalue weighted by Crippen LogP contribution is 2.18. The highest BCUT2D eigenvalue weighted by atomic mass is 35.5. The van der Waals surface area contributed by atoms with Crippen molar-refractivity contribution in [1.82, 2.24) is 5.32 Å². The number of halogens is 1. The highest BCUT2D eigenvalue weighted by Gasteiger charge is 2.11. The smallest absolute Gasteiger partial charge is 0.255 e. The second kappa shape index (κ2) is 6.81. The van der Waals surface area contributed by atoms with E-state index in [1.165, 1.54) is 0 Å². The van der Waals surface area contributed by atoms with E-state index in [1.54, 1.807) is 12.1 Å². The van der Waals surface area contributed by atoms with E-state index in [9.17, 15) is 4.79 Å². The zero-order valence-electron chi connectivity index (χ0n) is 12.2. The number of benzene rings is 2. The monoisotopic (exact) mass is 315 g/mol. The summed E-state index contributed by atoms with van der Waals surface area (Å²) in [6, 6.07) is 14.9. The summed E-state index contributed by atoms with van der Waals surface area (Å²) in [5, 5.41) is 6.78. The molecule has 1 amide bonds. The summed E-state index contributed by atoms with van der Waals surface area (Å²) >= 11 is 5.92. The Bertz CT molecular complexity index is 651. The molecule has 5 heteroatoms. The van der Waals surface area contributed by atoms with E-state index < -0.39 is 0 Å². The van der Waals surface area contributed by atoms with Gasteiger partial charge in [-0.15, -0.1) is 0 Å². The predicted molar refractivity (Wildman–Crippen MR) is 90.9 cm³/mol. The lowest BCUT2D eigenvalue weighted by Gasteiger charge is -2.29. The Morgan fingerprint density at radius 3 is 2.50 bits per heavy atom. The Balaban J connectivity index is 1.68. The fraction of sp³-hybridized carbons (Fsp3) is 0.235. The van der Waals surface area contributed by atoms with E-state index in [2.05, 4.69) is 15.5 Å². The molecule has 0 aliphatic carbocycles. The number of rotatable bonds is 3. The molecule has 0 bridgehead atoms. The third-order valence-corrected chi connectivity index (χ3v) is 3.93. The van der Waals surface area contributed by atoms with Crippen LogP contribution in [0.5, 0.6) is 0 Å². The summed E-state index contributed by atoms with van der Waals surface area (Å²) in [7, 11) is 0. The van der Waals surface area contributed by atoms with Crippen LogP contribution in [-0.2, 0) is 0 Å². The predicted octanol–water partition coefficient (Wildman–Crippen LogP) is 3.00. The maximum atomic E-state index is 12.2. The first-order valence-electron chi connectivity index (χ1n) is 7.35. The largest absolute Gasteiger partial charge is 0.369 e. The van der Waals surface area contributed by atoms with Crippen molar-refractivity contribution in [3.8, 4) is 0 Å². The molecule has 0 spiro atoms. The van der Waals surface area contributed by atoms with Gasteiger partial charge in [0.1, 0.15) is 0 Å². The van der Waals surface area contributed by atoms with Gasteiger partial charge in [-0.2, -0.15) is 0 Å². The van der Waals surface area contributed by atoms with Crippen LogP contribution in [0.15, 0.2) is 48.5 Å². The summed E-state index contributed by atoms with van der Waals surface area (Å²) in [5.41, 5.74) is 2.49. The van der Waals surface area contributed by atoms with E-state index in [4.69, 9.17) is 11.6 Å². The zero-order chi connectivity index (χ0) is 15.4. The number of hydrogen-bond donors (Lipinski definition) is 2. The van der Waals surface area contributed by atoms with Crippen molar-refractivity contribution in [3.63, 3.8) is 0 Å². The Kier molecular flexibility index (Phi) is 4.61. The van der Waals surface area contributed by atoms with Crippen LogP contribution in [0.3, 0.4) is 0 Å². The van der Waals surface area contributed by atoms with E-state index in [1.807, 2.05) is 36.4 Å². The van der Waals surface area contributed by atoms with Crippen LogP contribution in [-0.4, -0.2) is 32.1 Å². The van der Waals surface area contributed by atoms with E-state index in [0.717, 1.165) is 31.9 Å². The maximum Gasteiger partial charge on any atom is 0.255 e. The molecule has 1 heterocycles. The lowest BCUT2D eigenvalue weighted by Crippen LogP contribution is -2.43. The zero-order valence-corrected chi connectivity index (χ0v) is 12.9. The van der Waals surface area contributed by atoms with Crippen molar-refractivity contribution >= 4 is 28.9 Å². The van der Waals surface area contributed by atoms with Crippen LogP contribution in [0.2, 0.25) is 5.02 Å². The van der Waals surface area contributed by atoms with Gasteiger partial charge in [-0.3, -0.25) is 4.79 Å². The van der Waals surface area contributed by atoms with E-state index >= 15 is 0 Å². The van der Waals surface area contributed by atoms with Crippen LogP contribution in [0, 0.1) is 0 Å². The Morgan fingerprint density at radius 2 is 1.82 bits per heavy atom. The van der Waals surface area contributed by atoms with Crippen molar-refractivity contribution in [2.45, 2.75) is 0 Å². The Labute approximate surface area is 135 Å². The molecule has 2 aromatic carbocycles. The SMILES string of the molecule is O=C(Nc1cccc(Cl)c1)c1ccc(N2CCNCC2)cc1. The quantitative estimate of drug-likeness (QED) is 0.915. The first-order chi connectivity index (χ1) is 10.7. The summed E-state index contributed by atoms with van der Waals surface area (Å²) in [6.45, 7) is 3.98. The summed E-state index contributed by atoms with van der Waals surface area (Å²) < 4.78 is 0. The standard InChI is InChI=1S/C17H18ClN3O/c18-14-2-1-3-15(12-14)20-17(22)13-4-6-16(7-5-13)21-10-8-19-9-11-21/h1-7,12,19H,8-11H2,(H,20,22). The van der Waals surface area contributed by atoms with Gasteiger partial charge in [0.15, 0.2) is 0 Å². The van der Waals surface area contributed by atoms with Gasteiger partial charge in [-0.05, 0) is 42.5 Å². The van der Waals surface area contributed by atoms with Crippen molar-refractivity contribution in [2.75, 3.05) is 36.4 Å². The van der Waals surface area contributed by atoms with E-state index in [-0.39, 0.29) is 5.91 Å². The van der Waals surface area contributed by atoms with Crippen molar-refractivity contribution < 1.29 is 4.79 Å². The molecule has 0 aromatic heterocycles. The molecule has 2 N–H and O–H groups in total. The normalized spacial score (nSPS) is 14.7. The van der Waals surface area contributed by atoms with Crippen molar-refractivity contribution in [2.24, 2.45) is 0 Å². The third-order valence-electron chi connectivity index (χ3n) is 3.69. The number of hydrogen-bond acceptors (Lipinski definition) is 3. The summed E-state index contributed by atoms with van der Waals surface area (Å²) in [4.78, 5) is 14.5. The fourth-order valence-electron chi connectivity index (χ4n) is 2.52. The fourth-order valence-corrected chi connectivity index (χ4v) is 2.71. The molecule has 2 aromatic rings. The number of carbonyl (C=O) groups is 1. The van der Waals surface area contributed by atoms with Gasteiger partial charge in [-0.1, -0.05) is 17.7 Å². The molecule has 0 atom stereocenters. The molecule has 114 valence electrons. The molecule has 1 aliphatic rings. The molecule has 1 saturated heterocycles. The molecule has 0 unspecified atom stereocenters. The number of nitrogens with one attached hydrogen (secondary N) is 2. The maximum absolute atomic E-state index is 12.2. The molecular weight excluding hydrogens is 298 g/mol. The molecule has 0 saturated carbocycles. The minimum absolute atomic E-state index is 0.130. The first-order valence-corrected chi connectivity index (χ1v) is 7.73. The second-order valence-electron chi connectivity index (χ2n) is 5.25. The number of carbonyl (C=O) groups excluding carboxylic acids is 1. The summed E-state index contributed by atoms with van der Waals surface area (Å²) in [6.07, 6.45) is 0. The number of nitrogens with zero attached hydrogens (tertiary/aromatic N) is 1. The molecule has 4 nitrogen and oxygen atoms in total. The molecular formula is C17H18ClN3O. The first kappa shape index (κ1) is 14.9. The van der Waals surface area contributed by atoms with Gasteiger partial charge in [0.25, 0.3) is 5.91 Å².